The number of nitrogens with zero attached hydrogens (tertiary/aromatic N) is 3. The molecule has 2 heterocycles. The van der Waals surface area contributed by atoms with E-state index in [1.165, 1.54) is 17.8 Å². The molecule has 3 heteroatoms. The maximum atomic E-state index is 4.64. The first-order valence-corrected chi connectivity index (χ1v) is 6.46. The van der Waals surface area contributed by atoms with Crippen molar-refractivity contribution >= 4 is 17.3 Å². The third kappa shape index (κ3) is 1.70. The second kappa shape index (κ2) is 4.06. The molecule has 0 saturated carbocycles. The summed E-state index contributed by atoms with van der Waals surface area (Å²) >= 11 is 0. The molecule has 90 valence electrons. The van der Waals surface area contributed by atoms with Crippen LogP contribution in [0.2, 0.25) is 0 Å². The van der Waals surface area contributed by atoms with Crippen LogP contribution in [0.3, 0.4) is 0 Å². The monoisotopic (exact) mass is 229 g/mol. The number of aliphatic imine (C=N–C) groups is 1. The van der Waals surface area contributed by atoms with Crippen molar-refractivity contribution in [3.8, 4) is 0 Å². The van der Waals surface area contributed by atoms with E-state index < -0.39 is 0 Å². The molecule has 0 bridgehead atoms. The first-order chi connectivity index (χ1) is 8.27. The highest BCUT2D eigenvalue weighted by Gasteiger charge is 2.34. The molecular weight excluding hydrogens is 210 g/mol. The lowest BCUT2D eigenvalue weighted by molar-refractivity contribution is 0.595. The molecule has 0 amide bonds. The Morgan fingerprint density at radius 3 is 2.76 bits per heavy atom. The van der Waals surface area contributed by atoms with E-state index in [-0.39, 0.29) is 0 Å². The van der Waals surface area contributed by atoms with E-state index in [0.29, 0.717) is 0 Å². The van der Waals surface area contributed by atoms with Crippen LogP contribution >= 0.6 is 0 Å². The molecule has 17 heavy (non-hydrogen) atoms. The van der Waals surface area contributed by atoms with Crippen molar-refractivity contribution in [3.05, 3.63) is 24.3 Å². The number of anilines is 2. The zero-order chi connectivity index (χ0) is 11.8. The van der Waals surface area contributed by atoms with Crippen molar-refractivity contribution in [1.29, 1.82) is 0 Å². The fourth-order valence-corrected chi connectivity index (χ4v) is 2.53. The van der Waals surface area contributed by atoms with Crippen LogP contribution in [0.4, 0.5) is 11.4 Å². The largest absolute Gasteiger partial charge is 0.310 e. The molecule has 0 aliphatic carbocycles. The highest BCUT2D eigenvalue weighted by molar-refractivity contribution is 6.17. The van der Waals surface area contributed by atoms with Gasteiger partial charge in [0.1, 0.15) is 0 Å². The highest BCUT2D eigenvalue weighted by atomic mass is 15.5. The number of para-hydroxylation sites is 2. The van der Waals surface area contributed by atoms with Crippen molar-refractivity contribution in [2.45, 2.75) is 20.3 Å². The Hall–Kier alpha value is -1.51. The summed E-state index contributed by atoms with van der Waals surface area (Å²) in [6.07, 6.45) is 1.21. The second-order valence-electron chi connectivity index (χ2n) is 5.16. The molecule has 2 aliphatic rings. The molecule has 0 radical (unpaired) electrons. The summed E-state index contributed by atoms with van der Waals surface area (Å²) in [6, 6.07) is 8.63. The van der Waals surface area contributed by atoms with Gasteiger partial charge in [0, 0.05) is 13.1 Å². The number of hydrogen-bond donors (Lipinski definition) is 0. The summed E-state index contributed by atoms with van der Waals surface area (Å²) < 4.78 is 0. The number of benzene rings is 1. The smallest absolute Gasteiger partial charge is 0.205 e. The lowest BCUT2D eigenvalue weighted by Crippen LogP contribution is -2.36. The Morgan fingerprint density at radius 2 is 2.00 bits per heavy atom. The van der Waals surface area contributed by atoms with E-state index in [9.17, 15) is 0 Å². The molecule has 0 aromatic heterocycles. The van der Waals surface area contributed by atoms with E-state index in [1.807, 2.05) is 0 Å². The summed E-state index contributed by atoms with van der Waals surface area (Å²) in [5, 5.41) is 0. The van der Waals surface area contributed by atoms with E-state index in [1.54, 1.807) is 0 Å². The van der Waals surface area contributed by atoms with Gasteiger partial charge in [-0.1, -0.05) is 26.0 Å². The molecule has 0 saturated heterocycles. The van der Waals surface area contributed by atoms with Crippen molar-refractivity contribution in [2.75, 3.05) is 29.4 Å². The van der Waals surface area contributed by atoms with Gasteiger partial charge in [-0.15, -0.1) is 0 Å². The van der Waals surface area contributed by atoms with Crippen LogP contribution in [-0.4, -0.2) is 25.6 Å². The lowest BCUT2D eigenvalue weighted by Gasteiger charge is -2.20. The van der Waals surface area contributed by atoms with Crippen LogP contribution in [0.15, 0.2) is 29.3 Å². The van der Waals surface area contributed by atoms with Gasteiger partial charge in [0.2, 0.25) is 5.96 Å². The van der Waals surface area contributed by atoms with Crippen LogP contribution in [-0.2, 0) is 0 Å². The van der Waals surface area contributed by atoms with Crippen LogP contribution in [0.25, 0.3) is 0 Å². The summed E-state index contributed by atoms with van der Waals surface area (Å²) in [5.74, 6) is 1.89. The SMILES string of the molecule is CC(C)CCN1C2=NCCN2c2ccccc21. The van der Waals surface area contributed by atoms with Crippen LogP contribution < -0.4 is 9.80 Å². The predicted molar refractivity (Wildman–Crippen MR) is 72.9 cm³/mol. The zero-order valence-corrected chi connectivity index (χ0v) is 10.6. The molecule has 3 rings (SSSR count). The Bertz CT molecular complexity index is 451. The Kier molecular flexibility index (Phi) is 2.54. The summed E-state index contributed by atoms with van der Waals surface area (Å²) in [6.45, 7) is 7.59. The molecule has 1 aromatic rings. The van der Waals surface area contributed by atoms with Gasteiger partial charge in [0.15, 0.2) is 0 Å². The van der Waals surface area contributed by atoms with Gasteiger partial charge in [-0.25, -0.2) is 0 Å². The van der Waals surface area contributed by atoms with Gasteiger partial charge in [-0.05, 0) is 24.5 Å². The van der Waals surface area contributed by atoms with Crippen LogP contribution in [0.1, 0.15) is 20.3 Å². The summed E-state index contributed by atoms with van der Waals surface area (Å²) in [5.41, 5.74) is 2.65. The Labute approximate surface area is 103 Å². The van der Waals surface area contributed by atoms with E-state index in [2.05, 4.69) is 52.9 Å². The van der Waals surface area contributed by atoms with Crippen molar-refractivity contribution in [3.63, 3.8) is 0 Å². The van der Waals surface area contributed by atoms with Gasteiger partial charge in [0.25, 0.3) is 0 Å². The van der Waals surface area contributed by atoms with E-state index in [0.717, 1.165) is 31.5 Å². The van der Waals surface area contributed by atoms with Gasteiger partial charge in [-0.2, -0.15) is 0 Å². The third-order valence-electron chi connectivity index (χ3n) is 3.45. The van der Waals surface area contributed by atoms with Crippen molar-refractivity contribution in [1.82, 2.24) is 0 Å². The molecule has 3 nitrogen and oxygen atoms in total. The van der Waals surface area contributed by atoms with Gasteiger partial charge >= 0.3 is 0 Å². The predicted octanol–water partition coefficient (Wildman–Crippen LogP) is 2.73. The van der Waals surface area contributed by atoms with Crippen molar-refractivity contribution < 1.29 is 0 Å². The second-order valence-corrected chi connectivity index (χ2v) is 5.16. The number of rotatable bonds is 3. The maximum absolute atomic E-state index is 4.64. The molecule has 0 atom stereocenters. The number of guanidine groups is 1. The molecule has 0 spiro atoms. The van der Waals surface area contributed by atoms with Gasteiger partial charge in [-0.3, -0.25) is 4.99 Å². The van der Waals surface area contributed by atoms with E-state index in [4.69, 9.17) is 0 Å². The van der Waals surface area contributed by atoms with Crippen molar-refractivity contribution in [2.24, 2.45) is 10.9 Å². The molecule has 0 fully saturated rings. The maximum Gasteiger partial charge on any atom is 0.205 e. The lowest BCUT2D eigenvalue weighted by atomic mass is 10.1. The summed E-state index contributed by atoms with van der Waals surface area (Å²) in [7, 11) is 0. The summed E-state index contributed by atoms with van der Waals surface area (Å²) in [4.78, 5) is 9.36. The van der Waals surface area contributed by atoms with Gasteiger partial charge in [0.05, 0.1) is 17.9 Å². The first-order valence-electron chi connectivity index (χ1n) is 6.46. The Balaban J connectivity index is 1.91. The minimum atomic E-state index is 0.734. The minimum absolute atomic E-state index is 0.734. The number of fused-ring (bicyclic) bond motifs is 3. The van der Waals surface area contributed by atoms with Crippen LogP contribution in [0.5, 0.6) is 0 Å². The zero-order valence-electron chi connectivity index (χ0n) is 10.6. The quantitative estimate of drug-likeness (QED) is 0.793. The van der Waals surface area contributed by atoms with E-state index >= 15 is 0 Å². The first kappa shape index (κ1) is 10.6. The normalized spacial score (nSPS) is 17.5. The molecule has 0 unspecified atom stereocenters. The van der Waals surface area contributed by atoms with Crippen LogP contribution in [0, 0.1) is 5.92 Å². The molecular formula is C14H19N3. The van der Waals surface area contributed by atoms with Gasteiger partial charge < -0.3 is 9.80 Å². The fourth-order valence-electron chi connectivity index (χ4n) is 2.53. The third-order valence-corrected chi connectivity index (χ3v) is 3.45. The molecule has 0 N–H and O–H groups in total. The highest BCUT2D eigenvalue weighted by Crippen LogP contribution is 2.38. The minimum Gasteiger partial charge on any atom is -0.310 e. The standard InChI is InChI=1S/C14H19N3/c1-11(2)7-9-16-12-5-3-4-6-13(12)17-10-8-15-14(16)17/h3-6,11H,7-10H2,1-2H3. The topological polar surface area (TPSA) is 18.8 Å². The molecule has 2 aliphatic heterocycles. The molecule has 1 aromatic carbocycles. The average molecular weight is 229 g/mol. The average Bonchev–Trinajstić information content (AvgIpc) is 2.87. The number of hydrogen-bond acceptors (Lipinski definition) is 3. The fraction of sp³-hybridized carbons (Fsp3) is 0.500. The Morgan fingerprint density at radius 1 is 1.24 bits per heavy atom.